The van der Waals surface area contributed by atoms with Crippen LogP contribution in [-0.2, 0) is 40.4 Å². The molecule has 4 aromatic heterocycles. The van der Waals surface area contributed by atoms with E-state index in [1.807, 2.05) is 120 Å². The van der Waals surface area contributed by atoms with Gasteiger partial charge in [0.05, 0.1) is 16.7 Å². The zero-order valence-corrected chi connectivity index (χ0v) is 39.5. The van der Waals surface area contributed by atoms with Crippen LogP contribution in [0.25, 0.3) is 82.4 Å². The summed E-state index contributed by atoms with van der Waals surface area (Å²) in [6.07, 6.45) is 1.87. The molecule has 0 atom stereocenters. The van der Waals surface area contributed by atoms with E-state index in [0.717, 1.165) is 60.8 Å². The van der Waals surface area contributed by atoms with Crippen molar-refractivity contribution in [1.29, 1.82) is 0 Å². The fourth-order valence-electron chi connectivity index (χ4n) is 10.0. The van der Waals surface area contributed by atoms with Gasteiger partial charge in [-0.25, -0.2) is 4.98 Å². The van der Waals surface area contributed by atoms with Gasteiger partial charge in [0.25, 0.3) is 0 Å². The van der Waals surface area contributed by atoms with E-state index in [2.05, 4.69) is 98.1 Å². The minimum atomic E-state index is -2.63. The Morgan fingerprint density at radius 1 is 0.544 bits per heavy atom. The molecule has 0 amide bonds. The summed E-state index contributed by atoms with van der Waals surface area (Å²) >= 11 is 0. The number of anilines is 4. The first kappa shape index (κ1) is 35.6. The molecule has 0 aliphatic carbocycles. The van der Waals surface area contributed by atoms with Crippen molar-refractivity contribution in [3.63, 3.8) is 0 Å². The summed E-state index contributed by atoms with van der Waals surface area (Å²) in [5.41, 5.74) is 9.44. The summed E-state index contributed by atoms with van der Waals surface area (Å²) in [4.78, 5) is 8.80. The first-order valence-corrected chi connectivity index (χ1v) is 22.4. The Bertz CT molecular complexity index is 4100. The van der Waals surface area contributed by atoms with Gasteiger partial charge in [-0.1, -0.05) is 117 Å². The molecular weight excluding hydrogens is 1020 g/mol. The average Bonchev–Trinajstić information content (AvgIpc) is 4.12. The second-order valence-corrected chi connectivity index (χ2v) is 18.2. The molecule has 0 fully saturated rings. The number of nitrogens with zero attached hydrogens (tertiary/aromatic N) is 6. The summed E-state index contributed by atoms with van der Waals surface area (Å²) in [6.45, 7) is 3.21. The zero-order valence-electron chi connectivity index (χ0n) is 43.2. The Morgan fingerprint density at radius 2 is 1.21 bits per heavy atom. The van der Waals surface area contributed by atoms with Crippen LogP contribution >= 0.6 is 0 Å². The predicted molar refractivity (Wildman–Crippen MR) is 276 cm³/mol. The summed E-state index contributed by atoms with van der Waals surface area (Å²) in [7, 11) is 0. The van der Waals surface area contributed by atoms with E-state index in [0.29, 0.717) is 61.4 Å². The van der Waals surface area contributed by atoms with Gasteiger partial charge in [0.2, 0.25) is 0 Å². The number of rotatable bonds is 6. The molecule has 8 heteroatoms. The summed E-state index contributed by atoms with van der Waals surface area (Å²) in [6, 6.07) is 62.6. The van der Waals surface area contributed by atoms with Crippen molar-refractivity contribution in [1.82, 2.24) is 18.7 Å². The summed E-state index contributed by atoms with van der Waals surface area (Å²) in [5.74, 6) is 1.70. The van der Waals surface area contributed by atoms with Crippen LogP contribution in [0, 0.1) is 18.8 Å². The number of hydrogen-bond donors (Lipinski definition) is 0. The van der Waals surface area contributed by atoms with Crippen molar-refractivity contribution < 1.29 is 34.0 Å². The molecule has 0 spiro atoms. The van der Waals surface area contributed by atoms with E-state index in [1.165, 1.54) is 9.13 Å². The number of aromatic nitrogens is 4. The minimum Gasteiger partial charge on any atom is -0.509 e. The topological polar surface area (TPSA) is 43.4 Å². The van der Waals surface area contributed by atoms with Crippen molar-refractivity contribution in [2.75, 3.05) is 9.80 Å². The van der Waals surface area contributed by atoms with Crippen LogP contribution in [0.1, 0.15) is 34.6 Å². The van der Waals surface area contributed by atoms with Crippen LogP contribution in [0.2, 0.25) is 0 Å². The molecule has 334 valence electrons. The molecule has 68 heavy (non-hydrogen) atoms. The maximum atomic E-state index is 8.96. The van der Waals surface area contributed by atoms with Gasteiger partial charge in [0.1, 0.15) is 5.82 Å². The number of benzene rings is 8. The molecule has 1 aliphatic rings. The van der Waals surface area contributed by atoms with Gasteiger partial charge in [-0.2, -0.15) is 12.1 Å². The van der Waals surface area contributed by atoms with Crippen molar-refractivity contribution in [3.05, 3.63) is 200 Å². The number of para-hydroxylation sites is 4. The fourth-order valence-corrected chi connectivity index (χ4v) is 10.0. The first-order chi connectivity index (χ1) is 35.1. The van der Waals surface area contributed by atoms with E-state index in [1.54, 1.807) is 12.1 Å². The maximum Gasteiger partial charge on any atom is 0.135 e. The molecule has 0 unspecified atom stereocenters. The predicted octanol–water partition coefficient (Wildman–Crippen LogP) is 15.2. The quantitative estimate of drug-likeness (QED) is 0.156. The van der Waals surface area contributed by atoms with Gasteiger partial charge in [-0.3, -0.25) is 0 Å². The van der Waals surface area contributed by atoms with Crippen molar-refractivity contribution >= 4 is 88.2 Å². The van der Waals surface area contributed by atoms with Crippen LogP contribution in [-0.4, -0.2) is 18.7 Å². The van der Waals surface area contributed by atoms with Gasteiger partial charge in [-0.15, -0.1) is 48.1 Å². The smallest absolute Gasteiger partial charge is 0.135 e. The Balaban J connectivity index is 0.00000556. The molecule has 13 rings (SSSR count). The van der Waals surface area contributed by atoms with Crippen molar-refractivity contribution in [2.45, 2.75) is 26.2 Å². The number of pyridine rings is 1. The third-order valence-electron chi connectivity index (χ3n) is 13.3. The summed E-state index contributed by atoms with van der Waals surface area (Å²) < 4.78 is 65.4. The average molecular weight is 1070 g/mol. The van der Waals surface area contributed by atoms with Gasteiger partial charge in [0.15, 0.2) is 0 Å². The van der Waals surface area contributed by atoms with Gasteiger partial charge in [-0.05, 0) is 76.0 Å². The number of fused-ring (bicyclic) bond motifs is 10. The Hall–Kier alpha value is -7.60. The van der Waals surface area contributed by atoms with Crippen LogP contribution in [0.5, 0.6) is 11.5 Å². The van der Waals surface area contributed by atoms with Gasteiger partial charge >= 0.3 is 0 Å². The normalized spacial score (nSPS) is 14.5. The van der Waals surface area contributed by atoms with Crippen LogP contribution < -0.4 is 14.5 Å². The van der Waals surface area contributed by atoms with Crippen LogP contribution in [0.4, 0.5) is 22.7 Å². The first-order valence-electron chi connectivity index (χ1n) is 25.4. The van der Waals surface area contributed by atoms with Crippen molar-refractivity contribution in [2.24, 2.45) is 14.0 Å². The number of ether oxygens (including phenoxy) is 1. The third-order valence-corrected chi connectivity index (χ3v) is 13.3. The molecule has 8 aromatic carbocycles. The molecular formula is C60H45N6OPt-3. The van der Waals surface area contributed by atoms with E-state index in [4.69, 9.17) is 17.9 Å². The van der Waals surface area contributed by atoms with E-state index in [-0.39, 0.29) is 26.5 Å². The monoisotopic (exact) mass is 1070 g/mol. The van der Waals surface area contributed by atoms with E-state index in [9.17, 15) is 0 Å². The Morgan fingerprint density at radius 3 is 1.91 bits per heavy atom. The molecule has 5 heterocycles. The molecule has 12 aromatic rings. The van der Waals surface area contributed by atoms with Crippen LogP contribution in [0.3, 0.4) is 0 Å². The minimum absolute atomic E-state index is 0. The number of aryl methyl sites for hydroxylation is 2. The second-order valence-electron chi connectivity index (χ2n) is 18.2. The molecule has 0 N–H and O–H groups in total. The standard InChI is InChI=1S/C60H45N6O.Pt/c1-60(2,3)40-30-31-61-56(33-40)66-52-29-26-39(38-16-7-6-8-17-38)32-47(52)46-28-27-43(35-55(46)66)67-42-19-15-18-41(34-42)64-37-65(54-25-14-13-24-53(54)64)59-57-48(44-20-9-11-22-50(44)62(57)4)36-49-45-21-10-12-23-51(45)63(5)58(49)59;/h6-33,36-37H,1-5H3;/q-3;/i4D3,5D3;. The molecule has 0 radical (unpaired) electrons. The maximum absolute atomic E-state index is 8.96. The van der Waals surface area contributed by atoms with E-state index >= 15 is 0 Å². The molecule has 0 bridgehead atoms. The molecule has 0 saturated heterocycles. The molecule has 0 saturated carbocycles. The zero-order chi connectivity index (χ0) is 50.1. The van der Waals surface area contributed by atoms with Gasteiger partial charge in [0, 0.05) is 110 Å². The largest absolute Gasteiger partial charge is 0.509 e. The van der Waals surface area contributed by atoms with Gasteiger partial charge < -0.3 is 28.2 Å². The van der Waals surface area contributed by atoms with E-state index < -0.39 is 14.0 Å². The van der Waals surface area contributed by atoms with Crippen LogP contribution in [0.15, 0.2) is 176 Å². The molecule has 7 nitrogen and oxygen atoms in total. The number of hydrogen-bond acceptors (Lipinski definition) is 4. The third kappa shape index (κ3) is 6.40. The fraction of sp³-hybridized carbons (Fsp3) is 0.100. The second kappa shape index (κ2) is 15.8. The molecule has 1 aliphatic heterocycles. The van der Waals surface area contributed by atoms with Crippen molar-refractivity contribution in [3.8, 4) is 28.4 Å². The Kier molecular flexibility index (Phi) is 8.24. The SMILES string of the molecule is [2H]C([2H])([2H])n1c2ccccc2c2cc3c4ccccc4n(C([2H])([2H])[2H])c3c(N3[CH-]N(c4[c-]c(Oc5[c-]c6c(cc5)c5cc(-c7ccccc7)ccc5n6-c5cc(C(C)(C)C)ccn5)ccc4)c4ccccc43)c21.[Pt]. The Labute approximate surface area is 417 Å². The summed E-state index contributed by atoms with van der Waals surface area (Å²) in [5, 5.41) is 4.93.